The van der Waals surface area contributed by atoms with E-state index in [0.717, 1.165) is 0 Å². The molecular formula is C12H13F2N. The molecule has 3 heteroatoms. The normalized spacial score (nSPS) is 10.3. The summed E-state index contributed by atoms with van der Waals surface area (Å²) in [6, 6.07) is 7.15. The first kappa shape index (κ1) is 11.6. The number of hydrogen-bond donors (Lipinski definition) is 0. The van der Waals surface area contributed by atoms with Gasteiger partial charge in [0.2, 0.25) is 0 Å². The summed E-state index contributed by atoms with van der Waals surface area (Å²) in [7, 11) is 0. The zero-order chi connectivity index (χ0) is 11.3. The van der Waals surface area contributed by atoms with Gasteiger partial charge in [-0.05, 0) is 24.0 Å². The molecule has 0 bridgehead atoms. The number of alkyl halides is 2. The van der Waals surface area contributed by atoms with E-state index in [0.29, 0.717) is 24.0 Å². The molecule has 0 radical (unpaired) electrons. The SMILES string of the molecule is CCc1cccc(CCC#N)c1C(F)F. The average molecular weight is 209 g/mol. The van der Waals surface area contributed by atoms with Crippen LogP contribution < -0.4 is 0 Å². The summed E-state index contributed by atoms with van der Waals surface area (Å²) in [5.74, 6) is 0. The molecule has 1 aromatic rings. The fourth-order valence-corrected chi connectivity index (χ4v) is 1.66. The van der Waals surface area contributed by atoms with Gasteiger partial charge in [-0.1, -0.05) is 25.1 Å². The van der Waals surface area contributed by atoms with E-state index in [2.05, 4.69) is 0 Å². The first-order chi connectivity index (χ1) is 7.20. The Balaban J connectivity index is 3.08. The minimum atomic E-state index is -2.45. The molecule has 0 saturated carbocycles. The molecule has 15 heavy (non-hydrogen) atoms. The molecule has 0 spiro atoms. The Labute approximate surface area is 88.3 Å². The Bertz CT molecular complexity index is 366. The Morgan fingerprint density at radius 2 is 2.00 bits per heavy atom. The van der Waals surface area contributed by atoms with Gasteiger partial charge in [0, 0.05) is 12.0 Å². The first-order valence-corrected chi connectivity index (χ1v) is 4.96. The minimum Gasteiger partial charge on any atom is -0.205 e. The lowest BCUT2D eigenvalue weighted by molar-refractivity contribution is 0.149. The van der Waals surface area contributed by atoms with Gasteiger partial charge in [-0.15, -0.1) is 0 Å². The maximum atomic E-state index is 12.8. The van der Waals surface area contributed by atoms with Crippen LogP contribution in [0, 0.1) is 11.3 Å². The van der Waals surface area contributed by atoms with Crippen molar-refractivity contribution in [2.75, 3.05) is 0 Å². The summed E-state index contributed by atoms with van der Waals surface area (Å²) in [6.07, 6.45) is -1.16. The number of benzene rings is 1. The first-order valence-electron chi connectivity index (χ1n) is 4.96. The monoisotopic (exact) mass is 209 g/mol. The van der Waals surface area contributed by atoms with Crippen molar-refractivity contribution >= 4 is 0 Å². The summed E-state index contributed by atoms with van der Waals surface area (Å²) >= 11 is 0. The van der Waals surface area contributed by atoms with E-state index in [1.807, 2.05) is 13.0 Å². The van der Waals surface area contributed by atoms with E-state index in [1.54, 1.807) is 18.2 Å². The van der Waals surface area contributed by atoms with Crippen LogP contribution >= 0.6 is 0 Å². The van der Waals surface area contributed by atoms with Crippen molar-refractivity contribution in [2.24, 2.45) is 0 Å². The molecule has 0 saturated heterocycles. The second-order valence-electron chi connectivity index (χ2n) is 3.30. The van der Waals surface area contributed by atoms with Gasteiger partial charge in [-0.25, -0.2) is 8.78 Å². The van der Waals surface area contributed by atoms with E-state index in [-0.39, 0.29) is 12.0 Å². The van der Waals surface area contributed by atoms with Crippen LogP contribution in [-0.4, -0.2) is 0 Å². The smallest absolute Gasteiger partial charge is 0.205 e. The second kappa shape index (κ2) is 5.45. The molecule has 0 unspecified atom stereocenters. The van der Waals surface area contributed by atoms with Crippen molar-refractivity contribution in [1.29, 1.82) is 5.26 Å². The van der Waals surface area contributed by atoms with E-state index >= 15 is 0 Å². The van der Waals surface area contributed by atoms with Crippen LogP contribution in [0.3, 0.4) is 0 Å². The summed E-state index contributed by atoms with van der Waals surface area (Å²) in [6.45, 7) is 1.86. The lowest BCUT2D eigenvalue weighted by Gasteiger charge is -2.12. The highest BCUT2D eigenvalue weighted by atomic mass is 19.3. The molecule has 0 aliphatic carbocycles. The van der Waals surface area contributed by atoms with Crippen LogP contribution in [0.25, 0.3) is 0 Å². The Morgan fingerprint density at radius 3 is 2.53 bits per heavy atom. The third-order valence-electron chi connectivity index (χ3n) is 2.39. The molecular weight excluding hydrogens is 196 g/mol. The molecule has 0 fully saturated rings. The van der Waals surface area contributed by atoms with Crippen LogP contribution in [0.4, 0.5) is 8.78 Å². The van der Waals surface area contributed by atoms with Crippen molar-refractivity contribution < 1.29 is 8.78 Å². The maximum absolute atomic E-state index is 12.8. The molecule has 0 N–H and O–H groups in total. The summed E-state index contributed by atoms with van der Waals surface area (Å²) in [4.78, 5) is 0. The van der Waals surface area contributed by atoms with Gasteiger partial charge in [0.25, 0.3) is 6.43 Å². The average Bonchev–Trinajstić information content (AvgIpc) is 2.25. The lowest BCUT2D eigenvalue weighted by atomic mass is 9.97. The van der Waals surface area contributed by atoms with Crippen molar-refractivity contribution in [3.8, 4) is 6.07 Å². The van der Waals surface area contributed by atoms with Crippen molar-refractivity contribution in [1.82, 2.24) is 0 Å². The predicted molar refractivity (Wildman–Crippen MR) is 54.7 cm³/mol. The number of halogens is 2. The Hall–Kier alpha value is -1.43. The fraction of sp³-hybridized carbons (Fsp3) is 0.417. The van der Waals surface area contributed by atoms with Gasteiger partial charge >= 0.3 is 0 Å². The molecule has 0 heterocycles. The van der Waals surface area contributed by atoms with Crippen LogP contribution in [0.1, 0.15) is 36.5 Å². The zero-order valence-electron chi connectivity index (χ0n) is 8.63. The Kier molecular flexibility index (Phi) is 4.23. The lowest BCUT2D eigenvalue weighted by Crippen LogP contribution is -2.00. The quantitative estimate of drug-likeness (QED) is 0.742. The number of nitrogens with zero attached hydrogens (tertiary/aromatic N) is 1. The second-order valence-corrected chi connectivity index (χ2v) is 3.30. The summed E-state index contributed by atoms with van der Waals surface area (Å²) < 4.78 is 25.6. The number of aryl methyl sites for hydroxylation is 2. The van der Waals surface area contributed by atoms with Crippen LogP contribution in [0.5, 0.6) is 0 Å². The number of rotatable bonds is 4. The minimum absolute atomic E-state index is 0.121. The Morgan fingerprint density at radius 1 is 1.33 bits per heavy atom. The third kappa shape index (κ3) is 2.76. The highest BCUT2D eigenvalue weighted by Gasteiger charge is 2.16. The molecule has 1 rings (SSSR count). The van der Waals surface area contributed by atoms with Gasteiger partial charge in [-0.3, -0.25) is 0 Å². The molecule has 0 aromatic heterocycles. The van der Waals surface area contributed by atoms with Crippen molar-refractivity contribution in [2.45, 2.75) is 32.6 Å². The van der Waals surface area contributed by atoms with E-state index in [1.165, 1.54) is 0 Å². The van der Waals surface area contributed by atoms with Crippen LogP contribution in [0.2, 0.25) is 0 Å². The topological polar surface area (TPSA) is 23.8 Å². The molecule has 0 aliphatic heterocycles. The van der Waals surface area contributed by atoms with E-state index in [4.69, 9.17) is 5.26 Å². The van der Waals surface area contributed by atoms with Crippen LogP contribution in [0.15, 0.2) is 18.2 Å². The number of hydrogen-bond acceptors (Lipinski definition) is 1. The standard InChI is InChI=1S/C12H13F2N/c1-2-9-5-3-6-10(7-4-8-15)11(9)12(13)14/h3,5-6,12H,2,4,7H2,1H3. The maximum Gasteiger partial charge on any atom is 0.264 e. The predicted octanol–water partition coefficient (Wildman–Crippen LogP) is 3.64. The third-order valence-corrected chi connectivity index (χ3v) is 2.39. The van der Waals surface area contributed by atoms with Gasteiger partial charge in [0.15, 0.2) is 0 Å². The number of nitriles is 1. The zero-order valence-corrected chi connectivity index (χ0v) is 8.63. The molecule has 1 nitrogen and oxygen atoms in total. The van der Waals surface area contributed by atoms with Gasteiger partial charge in [-0.2, -0.15) is 5.26 Å². The van der Waals surface area contributed by atoms with E-state index in [9.17, 15) is 8.78 Å². The van der Waals surface area contributed by atoms with E-state index < -0.39 is 6.43 Å². The van der Waals surface area contributed by atoms with Gasteiger partial charge in [0.05, 0.1) is 6.07 Å². The molecule has 0 atom stereocenters. The molecule has 1 aromatic carbocycles. The fourth-order valence-electron chi connectivity index (χ4n) is 1.66. The van der Waals surface area contributed by atoms with Crippen LogP contribution in [-0.2, 0) is 12.8 Å². The van der Waals surface area contributed by atoms with Gasteiger partial charge < -0.3 is 0 Å². The molecule has 80 valence electrons. The largest absolute Gasteiger partial charge is 0.264 e. The summed E-state index contributed by atoms with van der Waals surface area (Å²) in [5.41, 5.74) is 1.40. The highest BCUT2D eigenvalue weighted by molar-refractivity contribution is 5.36. The summed E-state index contributed by atoms with van der Waals surface area (Å²) in [5, 5.41) is 8.45. The molecule has 0 aliphatic rings. The highest BCUT2D eigenvalue weighted by Crippen LogP contribution is 2.28. The molecule has 0 amide bonds. The van der Waals surface area contributed by atoms with Gasteiger partial charge in [0.1, 0.15) is 0 Å². The van der Waals surface area contributed by atoms with Crippen molar-refractivity contribution in [3.05, 3.63) is 34.9 Å². The van der Waals surface area contributed by atoms with Crippen molar-refractivity contribution in [3.63, 3.8) is 0 Å².